The molecule has 1 saturated heterocycles. The first-order valence-corrected chi connectivity index (χ1v) is 8.75. The Bertz CT molecular complexity index is 776. The monoisotopic (exact) mass is 352 g/mol. The fourth-order valence-corrected chi connectivity index (χ4v) is 3.27. The molecule has 0 spiro atoms. The smallest absolute Gasteiger partial charge is 0.239 e. The second-order valence-corrected chi connectivity index (χ2v) is 6.74. The molecule has 2 heterocycles. The highest BCUT2D eigenvalue weighted by Gasteiger charge is 2.31. The summed E-state index contributed by atoms with van der Waals surface area (Å²) in [6, 6.07) is 13.8. The van der Waals surface area contributed by atoms with E-state index in [-0.39, 0.29) is 24.3 Å². The highest BCUT2D eigenvalue weighted by Crippen LogP contribution is 2.27. The number of aromatic nitrogens is 1. The molecule has 0 saturated carbocycles. The molecule has 6 heteroatoms. The molecule has 1 atom stereocenters. The van der Waals surface area contributed by atoms with Crippen molar-refractivity contribution in [2.45, 2.75) is 18.9 Å². The zero-order chi connectivity index (χ0) is 18.5. The molecule has 3 rings (SSSR count). The number of carbonyl (C=O) groups is 2. The number of nitrogens with zero attached hydrogens (tertiary/aromatic N) is 3. The first-order chi connectivity index (χ1) is 12.5. The van der Waals surface area contributed by atoms with Crippen molar-refractivity contribution in [3.05, 3.63) is 59.8 Å². The Hall–Kier alpha value is -2.89. The van der Waals surface area contributed by atoms with Crippen molar-refractivity contribution >= 4 is 17.6 Å². The van der Waals surface area contributed by atoms with Crippen LogP contribution in [0.2, 0.25) is 0 Å². The van der Waals surface area contributed by atoms with E-state index in [1.165, 1.54) is 0 Å². The minimum atomic E-state index is -0.152. The van der Waals surface area contributed by atoms with Crippen LogP contribution in [0.3, 0.4) is 0 Å². The predicted molar refractivity (Wildman–Crippen MR) is 101 cm³/mol. The fourth-order valence-electron chi connectivity index (χ4n) is 3.27. The third-order valence-electron chi connectivity index (χ3n) is 4.59. The summed E-state index contributed by atoms with van der Waals surface area (Å²) in [5.41, 5.74) is 2.09. The molecular formula is C20H24N4O2. The number of carbonyl (C=O) groups excluding carboxylic acids is 2. The summed E-state index contributed by atoms with van der Waals surface area (Å²) < 4.78 is 0. The quantitative estimate of drug-likeness (QED) is 0.861. The van der Waals surface area contributed by atoms with Crippen LogP contribution < -0.4 is 10.2 Å². The molecule has 1 N–H and O–H groups in total. The van der Waals surface area contributed by atoms with E-state index in [0.29, 0.717) is 19.5 Å². The Balaban J connectivity index is 1.55. The third kappa shape index (κ3) is 4.20. The van der Waals surface area contributed by atoms with E-state index in [1.54, 1.807) is 11.1 Å². The van der Waals surface area contributed by atoms with E-state index in [0.717, 1.165) is 16.9 Å². The number of hydrogen-bond donors (Lipinski definition) is 1. The van der Waals surface area contributed by atoms with Crippen molar-refractivity contribution in [1.29, 1.82) is 0 Å². The standard InChI is InChI=1S/C20H24N4O2/c1-23(2)20-16(9-6-10-21-20)12-22-18(25)14-24-13-17(11-19(24)26)15-7-4-3-5-8-15/h3-10,17H,11-14H2,1-2H3,(H,22,25)/t17-/m0/s1. The molecule has 26 heavy (non-hydrogen) atoms. The molecular weight excluding hydrogens is 328 g/mol. The van der Waals surface area contributed by atoms with Crippen molar-refractivity contribution in [2.24, 2.45) is 0 Å². The van der Waals surface area contributed by atoms with Gasteiger partial charge in [0.2, 0.25) is 11.8 Å². The van der Waals surface area contributed by atoms with Gasteiger partial charge in [-0.25, -0.2) is 4.98 Å². The summed E-state index contributed by atoms with van der Waals surface area (Å²) >= 11 is 0. The number of pyridine rings is 1. The molecule has 1 aliphatic rings. The van der Waals surface area contributed by atoms with Gasteiger partial charge in [-0.1, -0.05) is 36.4 Å². The van der Waals surface area contributed by atoms with E-state index in [4.69, 9.17) is 0 Å². The maximum absolute atomic E-state index is 12.3. The first kappa shape index (κ1) is 17.9. The highest BCUT2D eigenvalue weighted by atomic mass is 16.2. The molecule has 1 aromatic heterocycles. The van der Waals surface area contributed by atoms with Gasteiger partial charge in [-0.05, 0) is 11.6 Å². The minimum absolute atomic E-state index is 0.0318. The summed E-state index contributed by atoms with van der Waals surface area (Å²) in [5, 5.41) is 2.90. The lowest BCUT2D eigenvalue weighted by Crippen LogP contribution is -2.38. The van der Waals surface area contributed by atoms with Crippen molar-refractivity contribution in [3.63, 3.8) is 0 Å². The number of nitrogens with one attached hydrogen (secondary N) is 1. The van der Waals surface area contributed by atoms with E-state index in [1.807, 2.05) is 61.5 Å². The molecule has 1 aliphatic heterocycles. The van der Waals surface area contributed by atoms with E-state index in [9.17, 15) is 9.59 Å². The van der Waals surface area contributed by atoms with Gasteiger partial charge in [0.1, 0.15) is 5.82 Å². The summed E-state index contributed by atoms with van der Waals surface area (Å²) in [4.78, 5) is 32.4. The van der Waals surface area contributed by atoms with Crippen LogP contribution in [0, 0.1) is 0 Å². The first-order valence-electron chi connectivity index (χ1n) is 8.75. The molecule has 0 unspecified atom stereocenters. The van der Waals surface area contributed by atoms with E-state index >= 15 is 0 Å². The lowest BCUT2D eigenvalue weighted by molar-refractivity contribution is -0.133. The van der Waals surface area contributed by atoms with E-state index < -0.39 is 0 Å². The van der Waals surface area contributed by atoms with Crippen molar-refractivity contribution in [2.75, 3.05) is 32.1 Å². The van der Waals surface area contributed by atoms with Crippen LogP contribution in [0.5, 0.6) is 0 Å². The van der Waals surface area contributed by atoms with Crippen molar-refractivity contribution in [3.8, 4) is 0 Å². The number of anilines is 1. The van der Waals surface area contributed by atoms with Crippen LogP contribution in [0.15, 0.2) is 48.7 Å². The molecule has 6 nitrogen and oxygen atoms in total. The Kier molecular flexibility index (Phi) is 5.51. The van der Waals surface area contributed by atoms with Crippen LogP contribution in [0.25, 0.3) is 0 Å². The topological polar surface area (TPSA) is 65.5 Å². The average molecular weight is 352 g/mol. The molecule has 2 aromatic rings. The van der Waals surface area contributed by atoms with Gasteiger partial charge in [0.15, 0.2) is 0 Å². The van der Waals surface area contributed by atoms with Gasteiger partial charge in [0, 0.05) is 51.3 Å². The van der Waals surface area contributed by atoms with Gasteiger partial charge in [-0.15, -0.1) is 0 Å². The molecule has 1 aromatic carbocycles. The van der Waals surface area contributed by atoms with Gasteiger partial charge in [-0.2, -0.15) is 0 Å². The summed E-state index contributed by atoms with van der Waals surface area (Å²) in [6.07, 6.45) is 2.19. The number of hydrogen-bond acceptors (Lipinski definition) is 4. The maximum Gasteiger partial charge on any atom is 0.239 e. The van der Waals surface area contributed by atoms with Crippen LogP contribution in [0.4, 0.5) is 5.82 Å². The number of rotatable bonds is 6. The van der Waals surface area contributed by atoms with Gasteiger partial charge < -0.3 is 15.1 Å². The average Bonchev–Trinajstić information content (AvgIpc) is 3.01. The van der Waals surface area contributed by atoms with Gasteiger partial charge in [-0.3, -0.25) is 9.59 Å². The number of benzene rings is 1. The second-order valence-electron chi connectivity index (χ2n) is 6.74. The molecule has 2 amide bonds. The van der Waals surface area contributed by atoms with Crippen LogP contribution in [-0.2, 0) is 16.1 Å². The molecule has 0 bridgehead atoms. The molecule has 0 radical (unpaired) electrons. The largest absolute Gasteiger partial charge is 0.362 e. The molecule has 0 aliphatic carbocycles. The summed E-state index contributed by atoms with van der Waals surface area (Å²) in [6.45, 7) is 1.08. The van der Waals surface area contributed by atoms with Crippen LogP contribution in [0.1, 0.15) is 23.5 Å². The van der Waals surface area contributed by atoms with Crippen molar-refractivity contribution in [1.82, 2.24) is 15.2 Å². The molecule has 1 fully saturated rings. The van der Waals surface area contributed by atoms with E-state index in [2.05, 4.69) is 10.3 Å². The predicted octanol–water partition coefficient (Wildman–Crippen LogP) is 1.78. The SMILES string of the molecule is CN(C)c1ncccc1CNC(=O)CN1C[C@@H](c2ccccc2)CC1=O. The summed E-state index contributed by atoms with van der Waals surface area (Å²) in [5.74, 6) is 0.870. The van der Waals surface area contributed by atoms with Gasteiger partial charge in [0.25, 0.3) is 0 Å². The Morgan fingerprint density at radius 2 is 2.00 bits per heavy atom. The minimum Gasteiger partial charge on any atom is -0.362 e. The summed E-state index contributed by atoms with van der Waals surface area (Å²) in [7, 11) is 3.83. The maximum atomic E-state index is 12.3. The lowest BCUT2D eigenvalue weighted by atomic mass is 9.99. The zero-order valence-electron chi connectivity index (χ0n) is 15.2. The fraction of sp³-hybridized carbons (Fsp3) is 0.350. The Morgan fingerprint density at radius 3 is 2.73 bits per heavy atom. The van der Waals surface area contributed by atoms with Crippen molar-refractivity contribution < 1.29 is 9.59 Å². The Labute approximate surface area is 153 Å². The highest BCUT2D eigenvalue weighted by molar-refractivity contribution is 5.86. The molecule has 136 valence electrons. The van der Waals surface area contributed by atoms with Crippen LogP contribution >= 0.6 is 0 Å². The number of amides is 2. The third-order valence-corrected chi connectivity index (χ3v) is 4.59. The van der Waals surface area contributed by atoms with Gasteiger partial charge in [0.05, 0.1) is 6.54 Å². The zero-order valence-corrected chi connectivity index (χ0v) is 15.2. The lowest BCUT2D eigenvalue weighted by Gasteiger charge is -2.18. The second kappa shape index (κ2) is 7.99. The van der Waals surface area contributed by atoms with Gasteiger partial charge >= 0.3 is 0 Å². The normalized spacial score (nSPS) is 16.6. The number of likely N-dealkylation sites (tertiary alicyclic amines) is 1. The Morgan fingerprint density at radius 1 is 1.23 bits per heavy atom. The van der Waals surface area contributed by atoms with Crippen LogP contribution in [-0.4, -0.2) is 48.9 Å².